The lowest BCUT2D eigenvalue weighted by molar-refractivity contribution is 0.266. The van der Waals surface area contributed by atoms with Crippen LogP contribution in [0.25, 0.3) is 17.3 Å². The summed E-state index contributed by atoms with van der Waals surface area (Å²) >= 11 is 1.53. The first-order chi connectivity index (χ1) is 12.3. The number of thioether (sulfide) groups is 1. The zero-order chi connectivity index (χ0) is 17.1. The SMILES string of the molecule is CCSc1nnc2c(n1)O[C@@H](/C=C/c1ccco1)Nc1ccccc1-2. The summed E-state index contributed by atoms with van der Waals surface area (Å²) in [5.74, 6) is 2.10. The Morgan fingerprint density at radius 2 is 2.12 bits per heavy atom. The minimum Gasteiger partial charge on any atom is -0.465 e. The maximum absolute atomic E-state index is 6.06. The number of furan rings is 1. The monoisotopic (exact) mass is 352 g/mol. The Morgan fingerprint density at radius 3 is 2.96 bits per heavy atom. The summed E-state index contributed by atoms with van der Waals surface area (Å²) in [5.41, 5.74) is 2.47. The molecule has 3 aromatic rings. The molecule has 7 heteroatoms. The number of nitrogens with zero attached hydrogens (tertiary/aromatic N) is 3. The summed E-state index contributed by atoms with van der Waals surface area (Å²) < 4.78 is 11.4. The third-order valence-corrected chi connectivity index (χ3v) is 4.33. The van der Waals surface area contributed by atoms with E-state index in [9.17, 15) is 0 Å². The van der Waals surface area contributed by atoms with Crippen molar-refractivity contribution in [3.05, 3.63) is 54.5 Å². The van der Waals surface area contributed by atoms with Crippen molar-refractivity contribution in [1.82, 2.24) is 15.2 Å². The van der Waals surface area contributed by atoms with E-state index in [1.54, 1.807) is 6.26 Å². The van der Waals surface area contributed by atoms with Crippen molar-refractivity contribution < 1.29 is 9.15 Å². The Hall–Kier alpha value is -2.80. The van der Waals surface area contributed by atoms with Crippen molar-refractivity contribution in [2.45, 2.75) is 18.3 Å². The third kappa shape index (κ3) is 3.36. The maximum atomic E-state index is 6.06. The van der Waals surface area contributed by atoms with E-state index < -0.39 is 6.23 Å². The number of ether oxygens (including phenoxy) is 1. The normalized spacial score (nSPS) is 15.8. The van der Waals surface area contributed by atoms with E-state index in [-0.39, 0.29) is 0 Å². The minimum atomic E-state index is -0.399. The molecule has 0 saturated carbocycles. The molecule has 0 bridgehead atoms. The highest BCUT2D eigenvalue weighted by Gasteiger charge is 2.23. The smallest absolute Gasteiger partial charge is 0.247 e. The van der Waals surface area contributed by atoms with E-state index in [1.165, 1.54) is 11.8 Å². The van der Waals surface area contributed by atoms with E-state index in [1.807, 2.05) is 55.5 Å². The Morgan fingerprint density at radius 1 is 1.20 bits per heavy atom. The van der Waals surface area contributed by atoms with Gasteiger partial charge in [-0.1, -0.05) is 36.9 Å². The van der Waals surface area contributed by atoms with Gasteiger partial charge < -0.3 is 14.5 Å². The Bertz CT molecular complexity index is 896. The molecule has 0 radical (unpaired) electrons. The lowest BCUT2D eigenvalue weighted by Gasteiger charge is -2.15. The summed E-state index contributed by atoms with van der Waals surface area (Å²) in [4.78, 5) is 4.53. The number of hydrogen-bond acceptors (Lipinski definition) is 7. The van der Waals surface area contributed by atoms with E-state index in [4.69, 9.17) is 9.15 Å². The predicted molar refractivity (Wildman–Crippen MR) is 97.4 cm³/mol. The molecule has 25 heavy (non-hydrogen) atoms. The number of fused-ring (bicyclic) bond motifs is 3. The molecule has 0 aliphatic carbocycles. The van der Waals surface area contributed by atoms with Gasteiger partial charge in [0, 0.05) is 11.3 Å². The minimum absolute atomic E-state index is 0.399. The fourth-order valence-electron chi connectivity index (χ4n) is 2.51. The molecule has 126 valence electrons. The molecule has 1 N–H and O–H groups in total. The molecule has 2 aromatic heterocycles. The average Bonchev–Trinajstić information content (AvgIpc) is 3.09. The van der Waals surface area contributed by atoms with Crippen molar-refractivity contribution in [1.29, 1.82) is 0 Å². The highest BCUT2D eigenvalue weighted by molar-refractivity contribution is 7.99. The fraction of sp³-hybridized carbons (Fsp3) is 0.167. The molecule has 1 aromatic carbocycles. The second-order valence-corrected chi connectivity index (χ2v) is 6.52. The Labute approximate surface area is 149 Å². The van der Waals surface area contributed by atoms with Gasteiger partial charge in [0.15, 0.2) is 11.9 Å². The van der Waals surface area contributed by atoms with Crippen LogP contribution in [0.3, 0.4) is 0 Å². The number of nitrogens with one attached hydrogen (secondary N) is 1. The van der Waals surface area contributed by atoms with Gasteiger partial charge in [-0.05, 0) is 36.1 Å². The number of rotatable bonds is 4. The van der Waals surface area contributed by atoms with Gasteiger partial charge in [0.25, 0.3) is 0 Å². The van der Waals surface area contributed by atoms with Crippen LogP contribution in [-0.4, -0.2) is 27.2 Å². The summed E-state index contributed by atoms with van der Waals surface area (Å²) in [6.45, 7) is 2.05. The number of hydrogen-bond donors (Lipinski definition) is 1. The summed E-state index contributed by atoms with van der Waals surface area (Å²) in [7, 11) is 0. The van der Waals surface area contributed by atoms with E-state index in [2.05, 4.69) is 20.5 Å². The van der Waals surface area contributed by atoms with Gasteiger partial charge in [0.2, 0.25) is 11.0 Å². The van der Waals surface area contributed by atoms with Crippen LogP contribution >= 0.6 is 11.8 Å². The summed E-state index contributed by atoms with van der Waals surface area (Å²) in [6.07, 6.45) is 4.99. The van der Waals surface area contributed by atoms with Gasteiger partial charge in [-0.2, -0.15) is 4.98 Å². The zero-order valence-corrected chi connectivity index (χ0v) is 14.4. The largest absolute Gasteiger partial charge is 0.465 e. The van der Waals surface area contributed by atoms with Gasteiger partial charge >= 0.3 is 0 Å². The van der Waals surface area contributed by atoms with E-state index in [0.29, 0.717) is 16.7 Å². The predicted octanol–water partition coefficient (Wildman–Crippen LogP) is 4.09. The highest BCUT2D eigenvalue weighted by atomic mass is 32.2. The number of benzene rings is 1. The van der Waals surface area contributed by atoms with Crippen LogP contribution in [0, 0.1) is 0 Å². The highest BCUT2D eigenvalue weighted by Crippen LogP contribution is 2.36. The summed E-state index contributed by atoms with van der Waals surface area (Å²) in [5, 5.41) is 12.5. The van der Waals surface area contributed by atoms with Crippen LogP contribution in [0.2, 0.25) is 0 Å². The fourth-order valence-corrected chi connectivity index (χ4v) is 3.02. The molecule has 6 nitrogen and oxygen atoms in total. The molecule has 3 heterocycles. The molecule has 0 amide bonds. The second kappa shape index (κ2) is 6.98. The Kier molecular flexibility index (Phi) is 4.39. The zero-order valence-electron chi connectivity index (χ0n) is 13.5. The second-order valence-electron chi connectivity index (χ2n) is 5.28. The van der Waals surface area contributed by atoms with Crippen molar-refractivity contribution in [2.75, 3.05) is 11.1 Å². The molecule has 0 fully saturated rings. The molecular weight excluding hydrogens is 336 g/mol. The number of aromatic nitrogens is 3. The maximum Gasteiger partial charge on any atom is 0.247 e. The quantitative estimate of drug-likeness (QED) is 0.709. The molecule has 4 rings (SSSR count). The summed E-state index contributed by atoms with van der Waals surface area (Å²) in [6, 6.07) is 11.6. The first-order valence-corrected chi connectivity index (χ1v) is 8.94. The van der Waals surface area contributed by atoms with Crippen LogP contribution in [0.4, 0.5) is 5.69 Å². The van der Waals surface area contributed by atoms with E-state index >= 15 is 0 Å². The number of para-hydroxylation sites is 1. The molecule has 0 unspecified atom stereocenters. The first kappa shape index (κ1) is 15.7. The molecule has 1 aliphatic rings. The van der Waals surface area contributed by atoms with Gasteiger partial charge in [0.05, 0.1) is 6.26 Å². The van der Waals surface area contributed by atoms with Crippen LogP contribution < -0.4 is 10.1 Å². The van der Waals surface area contributed by atoms with Gasteiger partial charge in [0.1, 0.15) is 5.76 Å². The van der Waals surface area contributed by atoms with Crippen LogP contribution in [0.1, 0.15) is 12.7 Å². The molecule has 1 atom stereocenters. The van der Waals surface area contributed by atoms with Crippen LogP contribution in [-0.2, 0) is 0 Å². The molecule has 0 saturated heterocycles. The van der Waals surface area contributed by atoms with Crippen molar-refractivity contribution in [2.24, 2.45) is 0 Å². The van der Waals surface area contributed by atoms with Crippen molar-refractivity contribution in [3.8, 4) is 17.1 Å². The lowest BCUT2D eigenvalue weighted by atomic mass is 10.1. The lowest BCUT2D eigenvalue weighted by Crippen LogP contribution is -2.23. The van der Waals surface area contributed by atoms with Crippen molar-refractivity contribution in [3.63, 3.8) is 0 Å². The van der Waals surface area contributed by atoms with Crippen LogP contribution in [0.15, 0.2) is 58.3 Å². The third-order valence-electron chi connectivity index (χ3n) is 3.61. The topological polar surface area (TPSA) is 73.1 Å². The molecular formula is C18H16N4O2S. The average molecular weight is 352 g/mol. The molecule has 1 aliphatic heterocycles. The van der Waals surface area contributed by atoms with Crippen LogP contribution in [0.5, 0.6) is 5.88 Å². The van der Waals surface area contributed by atoms with Gasteiger partial charge in [-0.3, -0.25) is 0 Å². The van der Waals surface area contributed by atoms with Crippen molar-refractivity contribution >= 4 is 23.5 Å². The first-order valence-electron chi connectivity index (χ1n) is 7.95. The van der Waals surface area contributed by atoms with Gasteiger partial charge in [-0.15, -0.1) is 10.2 Å². The molecule has 0 spiro atoms. The standard InChI is InChI=1S/C18H16N4O2S/c1-2-25-18-20-17-16(21-22-18)13-7-3-4-8-14(13)19-15(24-17)10-9-12-6-5-11-23-12/h3-11,15,19H,2H2,1H3/b10-9+/t15-/m0/s1. The van der Waals surface area contributed by atoms with E-state index in [0.717, 1.165) is 22.8 Å². The number of anilines is 1. The van der Waals surface area contributed by atoms with Gasteiger partial charge in [-0.25, -0.2) is 0 Å². The Balaban J connectivity index is 1.73.